The number of ether oxygens (including phenoxy) is 1. The van der Waals surface area contributed by atoms with Crippen molar-refractivity contribution in [2.75, 3.05) is 13.2 Å². The molecule has 3 rings (SSSR count). The van der Waals surface area contributed by atoms with Crippen molar-refractivity contribution in [3.05, 3.63) is 40.4 Å². The number of rotatable bonds is 5. The molecule has 2 aromatic rings. The number of hydrogen-bond donors (Lipinski definition) is 1. The Morgan fingerprint density at radius 3 is 3.18 bits per heavy atom. The first-order valence-corrected chi connectivity index (χ1v) is 7.25. The van der Waals surface area contributed by atoms with Gasteiger partial charge in [-0.25, -0.2) is 9.36 Å². The summed E-state index contributed by atoms with van der Waals surface area (Å²) in [5.74, 6) is 0.398. The van der Waals surface area contributed by atoms with Gasteiger partial charge in [-0.05, 0) is 12.5 Å². The number of amides is 1. The third kappa shape index (κ3) is 3.16. The molecule has 0 fully saturated rings. The minimum atomic E-state index is -0.237. The number of carbonyl (C=O) groups excluding carboxylic acids is 1. The number of nitrogens with one attached hydrogen (secondary N) is 1. The van der Waals surface area contributed by atoms with Gasteiger partial charge in [0.25, 0.3) is 11.5 Å². The lowest BCUT2D eigenvalue weighted by molar-refractivity contribution is 0.0946. The van der Waals surface area contributed by atoms with Gasteiger partial charge < -0.3 is 10.1 Å². The Bertz CT molecular complexity index is 698. The summed E-state index contributed by atoms with van der Waals surface area (Å²) in [6.07, 6.45) is 3.08. The molecule has 0 saturated heterocycles. The van der Waals surface area contributed by atoms with Crippen LogP contribution >= 0.6 is 0 Å². The topological polar surface area (TPSA) is 91.0 Å². The maximum absolute atomic E-state index is 12.0. The van der Waals surface area contributed by atoms with E-state index in [1.807, 2.05) is 0 Å². The Labute approximate surface area is 126 Å². The number of aryl methyl sites for hydroxylation is 2. The molecule has 22 heavy (non-hydrogen) atoms. The first kappa shape index (κ1) is 14.3. The highest BCUT2D eigenvalue weighted by Crippen LogP contribution is 2.18. The van der Waals surface area contributed by atoms with Crippen molar-refractivity contribution in [1.82, 2.24) is 24.9 Å². The van der Waals surface area contributed by atoms with E-state index in [0.717, 1.165) is 13.0 Å². The van der Waals surface area contributed by atoms with Gasteiger partial charge in [-0.15, -0.1) is 0 Å². The maximum Gasteiger partial charge on any atom is 0.271 e. The second-order valence-corrected chi connectivity index (χ2v) is 4.99. The van der Waals surface area contributed by atoms with Crippen molar-refractivity contribution in [3.8, 4) is 5.88 Å². The van der Waals surface area contributed by atoms with Crippen molar-refractivity contribution in [2.24, 2.45) is 0 Å². The van der Waals surface area contributed by atoms with E-state index < -0.39 is 0 Å². The van der Waals surface area contributed by atoms with Crippen LogP contribution in [0.25, 0.3) is 0 Å². The van der Waals surface area contributed by atoms with Crippen LogP contribution in [0.2, 0.25) is 0 Å². The fourth-order valence-electron chi connectivity index (χ4n) is 2.25. The van der Waals surface area contributed by atoms with Crippen molar-refractivity contribution in [3.63, 3.8) is 0 Å². The lowest BCUT2D eigenvalue weighted by Gasteiger charge is -2.13. The molecule has 0 unspecified atom stereocenters. The van der Waals surface area contributed by atoms with Crippen LogP contribution in [0, 0.1) is 0 Å². The summed E-state index contributed by atoms with van der Waals surface area (Å²) in [6, 6.07) is 4.71. The summed E-state index contributed by atoms with van der Waals surface area (Å²) < 4.78 is 8.50. The van der Waals surface area contributed by atoms with Crippen LogP contribution in [0.1, 0.15) is 23.3 Å². The molecule has 8 heteroatoms. The van der Waals surface area contributed by atoms with Crippen LogP contribution < -0.4 is 15.6 Å². The largest absolute Gasteiger partial charge is 0.478 e. The van der Waals surface area contributed by atoms with Crippen LogP contribution in [0.15, 0.2) is 29.2 Å². The minimum absolute atomic E-state index is 0.146. The van der Waals surface area contributed by atoms with Gasteiger partial charge in [0.15, 0.2) is 5.69 Å². The van der Waals surface area contributed by atoms with E-state index in [1.54, 1.807) is 23.0 Å². The molecule has 0 bridgehead atoms. The van der Waals surface area contributed by atoms with Gasteiger partial charge in [0.05, 0.1) is 6.61 Å². The summed E-state index contributed by atoms with van der Waals surface area (Å²) >= 11 is 0. The van der Waals surface area contributed by atoms with Crippen LogP contribution in [0.5, 0.6) is 5.88 Å². The predicted octanol–water partition coefficient (Wildman–Crippen LogP) is 0.0424. The fraction of sp³-hybridized carbons (Fsp3) is 0.429. The minimum Gasteiger partial charge on any atom is -0.478 e. The normalized spacial score (nSPS) is 13.3. The predicted molar refractivity (Wildman–Crippen MR) is 77.8 cm³/mol. The molecule has 0 saturated carbocycles. The Morgan fingerprint density at radius 1 is 1.45 bits per heavy atom. The maximum atomic E-state index is 12.0. The van der Waals surface area contributed by atoms with E-state index in [2.05, 4.69) is 15.5 Å². The monoisotopic (exact) mass is 303 g/mol. The van der Waals surface area contributed by atoms with E-state index in [0.29, 0.717) is 37.7 Å². The molecule has 0 radical (unpaired) electrons. The molecule has 116 valence electrons. The van der Waals surface area contributed by atoms with Gasteiger partial charge >= 0.3 is 0 Å². The highest BCUT2D eigenvalue weighted by molar-refractivity contribution is 5.92. The van der Waals surface area contributed by atoms with Gasteiger partial charge in [-0.2, -0.15) is 10.2 Å². The summed E-state index contributed by atoms with van der Waals surface area (Å²) in [5.41, 5.74) is 0.208. The first-order valence-electron chi connectivity index (χ1n) is 7.25. The average Bonchev–Trinajstić information content (AvgIpc) is 2.97. The lowest BCUT2D eigenvalue weighted by Crippen LogP contribution is -2.28. The van der Waals surface area contributed by atoms with Crippen molar-refractivity contribution in [1.29, 1.82) is 0 Å². The van der Waals surface area contributed by atoms with Crippen LogP contribution in [-0.2, 0) is 13.1 Å². The number of carbonyl (C=O) groups is 1. The van der Waals surface area contributed by atoms with Crippen LogP contribution in [0.3, 0.4) is 0 Å². The standard InChI is InChI=1S/C14H17N5O3/c20-12-4-1-6-16-18(12)7-2-5-15-14(21)11-10-13-19(17-11)8-3-9-22-13/h1,4,6,10H,2-3,5,7-9H2,(H,15,21). The van der Waals surface area contributed by atoms with E-state index >= 15 is 0 Å². The van der Waals surface area contributed by atoms with Crippen LogP contribution in [0.4, 0.5) is 0 Å². The SMILES string of the molecule is O=C(NCCCn1ncccc1=O)c1cc2n(n1)CCCO2. The molecule has 0 atom stereocenters. The summed E-state index contributed by atoms with van der Waals surface area (Å²) in [6.45, 7) is 2.34. The summed E-state index contributed by atoms with van der Waals surface area (Å²) in [4.78, 5) is 23.5. The molecular formula is C14H17N5O3. The number of nitrogens with zero attached hydrogens (tertiary/aromatic N) is 4. The fourth-order valence-corrected chi connectivity index (χ4v) is 2.25. The highest BCUT2D eigenvalue weighted by Gasteiger charge is 2.17. The molecular weight excluding hydrogens is 286 g/mol. The van der Waals surface area contributed by atoms with Crippen molar-refractivity contribution < 1.29 is 9.53 Å². The number of fused-ring (bicyclic) bond motifs is 1. The van der Waals surface area contributed by atoms with E-state index in [1.165, 1.54) is 10.7 Å². The molecule has 0 aliphatic carbocycles. The first-order chi connectivity index (χ1) is 10.7. The summed E-state index contributed by atoms with van der Waals surface area (Å²) in [7, 11) is 0. The van der Waals surface area contributed by atoms with Crippen LogP contribution in [-0.4, -0.2) is 38.6 Å². The van der Waals surface area contributed by atoms with Crippen molar-refractivity contribution >= 4 is 5.91 Å². The molecule has 3 heterocycles. The number of hydrogen-bond acceptors (Lipinski definition) is 5. The van der Waals surface area contributed by atoms with Gasteiger partial charge in [0, 0.05) is 44.4 Å². The number of aromatic nitrogens is 4. The third-order valence-corrected chi connectivity index (χ3v) is 3.36. The second kappa shape index (κ2) is 6.42. The molecule has 1 amide bonds. The van der Waals surface area contributed by atoms with E-state index in [4.69, 9.17) is 4.74 Å². The zero-order valence-corrected chi connectivity index (χ0v) is 12.1. The van der Waals surface area contributed by atoms with E-state index in [9.17, 15) is 9.59 Å². The molecule has 1 aliphatic rings. The van der Waals surface area contributed by atoms with Gasteiger partial charge in [0.1, 0.15) is 0 Å². The zero-order valence-electron chi connectivity index (χ0n) is 12.1. The highest BCUT2D eigenvalue weighted by atomic mass is 16.5. The second-order valence-electron chi connectivity index (χ2n) is 4.99. The molecule has 1 N–H and O–H groups in total. The molecule has 0 aromatic carbocycles. The smallest absolute Gasteiger partial charge is 0.271 e. The molecule has 8 nitrogen and oxygen atoms in total. The average molecular weight is 303 g/mol. The van der Waals surface area contributed by atoms with Gasteiger partial charge in [0.2, 0.25) is 5.88 Å². The van der Waals surface area contributed by atoms with E-state index in [-0.39, 0.29) is 11.5 Å². The zero-order chi connectivity index (χ0) is 15.4. The van der Waals surface area contributed by atoms with Crippen molar-refractivity contribution in [2.45, 2.75) is 25.9 Å². The Morgan fingerprint density at radius 2 is 2.36 bits per heavy atom. The lowest BCUT2D eigenvalue weighted by atomic mass is 10.3. The molecule has 2 aromatic heterocycles. The molecule has 1 aliphatic heterocycles. The van der Waals surface area contributed by atoms with Gasteiger partial charge in [-0.1, -0.05) is 0 Å². The third-order valence-electron chi connectivity index (χ3n) is 3.36. The molecule has 0 spiro atoms. The quantitative estimate of drug-likeness (QED) is 0.788. The summed E-state index contributed by atoms with van der Waals surface area (Å²) in [5, 5.41) is 11.0. The Balaban J connectivity index is 1.49. The van der Waals surface area contributed by atoms with Gasteiger partial charge in [-0.3, -0.25) is 9.59 Å². The Kier molecular flexibility index (Phi) is 4.17. The Hall–Kier alpha value is -2.64.